The summed E-state index contributed by atoms with van der Waals surface area (Å²) in [7, 11) is 0. The lowest BCUT2D eigenvalue weighted by Gasteiger charge is -2.31. The molecule has 10 heteroatoms. The van der Waals surface area contributed by atoms with Gasteiger partial charge in [0.1, 0.15) is 17.3 Å². The number of benzene rings is 3. The van der Waals surface area contributed by atoms with Crippen LogP contribution in [0.25, 0.3) is 11.3 Å². The molecule has 1 aliphatic carbocycles. The SMILES string of the molecule is Cc1ccc(C(=O)NC(C)C)cc1-c1nc(N[C@H]2CCC(C)(c3ccccc3)C2)nc2c1CNC(=O)N2c1c(F)cccc1F. The molecule has 8 nitrogen and oxygen atoms in total. The molecule has 3 amide bonds. The van der Waals surface area contributed by atoms with Crippen LogP contribution in [-0.4, -0.2) is 34.0 Å². The Kier molecular flexibility index (Phi) is 7.99. The molecule has 1 fully saturated rings. The zero-order valence-electron chi connectivity index (χ0n) is 25.7. The van der Waals surface area contributed by atoms with Crippen LogP contribution in [0.1, 0.15) is 67.1 Å². The zero-order valence-corrected chi connectivity index (χ0v) is 25.7. The average molecular weight is 611 g/mol. The second-order valence-corrected chi connectivity index (χ2v) is 12.4. The number of amides is 3. The molecule has 3 aromatic carbocycles. The number of carbonyl (C=O) groups excluding carboxylic acids is 2. The number of carbonyl (C=O) groups is 2. The van der Waals surface area contributed by atoms with Crippen molar-refractivity contribution in [1.29, 1.82) is 0 Å². The number of hydrogen-bond donors (Lipinski definition) is 3. The van der Waals surface area contributed by atoms with E-state index in [0.29, 0.717) is 22.4 Å². The smallest absolute Gasteiger partial charge is 0.328 e. The first-order chi connectivity index (χ1) is 21.5. The second-order valence-electron chi connectivity index (χ2n) is 12.4. The van der Waals surface area contributed by atoms with Crippen molar-refractivity contribution in [2.45, 2.75) is 71.0 Å². The Balaban J connectivity index is 1.47. The summed E-state index contributed by atoms with van der Waals surface area (Å²) in [6.07, 6.45) is 2.63. The van der Waals surface area contributed by atoms with E-state index in [0.717, 1.165) is 41.9 Å². The fourth-order valence-electron chi connectivity index (χ4n) is 6.37. The lowest BCUT2D eigenvalue weighted by atomic mass is 9.81. The van der Waals surface area contributed by atoms with Gasteiger partial charge in [0.05, 0.1) is 12.2 Å². The highest BCUT2D eigenvalue weighted by molar-refractivity contribution is 6.02. The van der Waals surface area contributed by atoms with Gasteiger partial charge in [-0.15, -0.1) is 0 Å². The number of nitrogens with one attached hydrogen (secondary N) is 3. The number of para-hydroxylation sites is 1. The van der Waals surface area contributed by atoms with Gasteiger partial charge < -0.3 is 16.0 Å². The molecule has 2 heterocycles. The van der Waals surface area contributed by atoms with Crippen molar-refractivity contribution in [3.63, 3.8) is 0 Å². The number of hydrogen-bond acceptors (Lipinski definition) is 5. The number of anilines is 3. The van der Waals surface area contributed by atoms with Gasteiger partial charge in [-0.3, -0.25) is 4.79 Å². The molecule has 0 radical (unpaired) electrons. The molecule has 1 saturated carbocycles. The number of fused-ring (bicyclic) bond motifs is 1. The van der Waals surface area contributed by atoms with E-state index in [2.05, 4.69) is 35.0 Å². The Labute approximate surface area is 261 Å². The van der Waals surface area contributed by atoms with Gasteiger partial charge in [0, 0.05) is 28.8 Å². The van der Waals surface area contributed by atoms with Crippen LogP contribution in [0.15, 0.2) is 66.7 Å². The van der Waals surface area contributed by atoms with Crippen LogP contribution < -0.4 is 20.9 Å². The van der Waals surface area contributed by atoms with Crippen molar-refractivity contribution in [3.8, 4) is 11.3 Å². The predicted molar refractivity (Wildman–Crippen MR) is 171 cm³/mol. The largest absolute Gasteiger partial charge is 0.351 e. The number of nitrogens with zero attached hydrogens (tertiary/aromatic N) is 3. The topological polar surface area (TPSA) is 99.2 Å². The molecule has 1 aliphatic heterocycles. The summed E-state index contributed by atoms with van der Waals surface area (Å²) in [5.74, 6) is -1.72. The van der Waals surface area contributed by atoms with E-state index in [-0.39, 0.29) is 41.7 Å². The average Bonchev–Trinajstić information content (AvgIpc) is 3.39. The summed E-state index contributed by atoms with van der Waals surface area (Å²) in [5, 5.41) is 9.12. The van der Waals surface area contributed by atoms with Crippen molar-refractivity contribution in [3.05, 3.63) is 101 Å². The maximum absolute atomic E-state index is 15.1. The maximum Gasteiger partial charge on any atom is 0.328 e. The van der Waals surface area contributed by atoms with Crippen LogP contribution in [-0.2, 0) is 12.0 Å². The summed E-state index contributed by atoms with van der Waals surface area (Å²) in [4.78, 5) is 36.8. The Bertz CT molecular complexity index is 1760. The van der Waals surface area contributed by atoms with Crippen LogP contribution in [0.2, 0.25) is 0 Å². The van der Waals surface area contributed by atoms with Crippen molar-refractivity contribution in [1.82, 2.24) is 20.6 Å². The molecular weight excluding hydrogens is 574 g/mol. The molecule has 0 saturated heterocycles. The molecule has 0 bridgehead atoms. The lowest BCUT2D eigenvalue weighted by Crippen LogP contribution is -2.43. The van der Waals surface area contributed by atoms with Crippen LogP contribution in [0.4, 0.5) is 31.0 Å². The van der Waals surface area contributed by atoms with Crippen LogP contribution in [0.5, 0.6) is 0 Å². The third-order valence-electron chi connectivity index (χ3n) is 8.70. The molecule has 4 aromatic rings. The van der Waals surface area contributed by atoms with Gasteiger partial charge in [-0.25, -0.2) is 23.5 Å². The monoisotopic (exact) mass is 610 g/mol. The van der Waals surface area contributed by atoms with Crippen molar-refractivity contribution in [2.24, 2.45) is 0 Å². The Morgan fingerprint density at radius 1 is 1.04 bits per heavy atom. The first-order valence-corrected chi connectivity index (χ1v) is 15.2. The third-order valence-corrected chi connectivity index (χ3v) is 8.70. The minimum Gasteiger partial charge on any atom is -0.351 e. The molecule has 2 atom stereocenters. The molecule has 232 valence electrons. The van der Waals surface area contributed by atoms with Gasteiger partial charge in [0.15, 0.2) is 5.82 Å². The van der Waals surface area contributed by atoms with Gasteiger partial charge in [-0.1, -0.05) is 49.4 Å². The maximum atomic E-state index is 15.1. The summed E-state index contributed by atoms with van der Waals surface area (Å²) in [6, 6.07) is 18.4. The van der Waals surface area contributed by atoms with Crippen molar-refractivity contribution in [2.75, 3.05) is 10.2 Å². The minimum atomic E-state index is -0.898. The standard InChI is InChI=1S/C35H36F2N6O2/c1-20(2)39-32(44)22-14-13-21(3)25(17-22)29-26-19-38-34(45)43(30-27(36)11-8-12-28(30)37)31(26)42-33(41-29)40-24-15-16-35(4,18-24)23-9-6-5-7-10-23/h5-14,17,20,24H,15-16,18-19H2,1-4H3,(H,38,45)(H,39,44)(H,40,41,42)/t24-,35?/m0/s1. The molecule has 1 aromatic heterocycles. The number of aryl methyl sites for hydroxylation is 1. The van der Waals surface area contributed by atoms with Gasteiger partial charge >= 0.3 is 6.03 Å². The van der Waals surface area contributed by atoms with Crippen molar-refractivity contribution < 1.29 is 18.4 Å². The fourth-order valence-corrected chi connectivity index (χ4v) is 6.37. The summed E-state index contributed by atoms with van der Waals surface area (Å²) in [5.41, 5.74) is 3.55. The van der Waals surface area contributed by atoms with Gasteiger partial charge in [0.2, 0.25) is 5.95 Å². The number of aromatic nitrogens is 2. The van der Waals surface area contributed by atoms with Crippen LogP contribution in [0, 0.1) is 18.6 Å². The van der Waals surface area contributed by atoms with E-state index < -0.39 is 23.4 Å². The summed E-state index contributed by atoms with van der Waals surface area (Å²) >= 11 is 0. The van der Waals surface area contributed by atoms with E-state index >= 15 is 8.78 Å². The number of rotatable bonds is 7. The third kappa shape index (κ3) is 5.84. The second kappa shape index (κ2) is 11.9. The quantitative estimate of drug-likeness (QED) is 0.206. The molecular formula is C35H36F2N6O2. The summed E-state index contributed by atoms with van der Waals surface area (Å²) < 4.78 is 30.3. The summed E-state index contributed by atoms with van der Waals surface area (Å²) in [6.45, 7) is 7.95. The van der Waals surface area contributed by atoms with E-state index in [1.807, 2.05) is 45.0 Å². The minimum absolute atomic E-state index is 0.0152. The Morgan fingerprint density at radius 3 is 2.49 bits per heavy atom. The van der Waals surface area contributed by atoms with E-state index in [1.54, 1.807) is 12.1 Å². The highest BCUT2D eigenvalue weighted by Gasteiger charge is 2.38. The molecule has 6 rings (SSSR count). The van der Waals surface area contributed by atoms with Crippen LogP contribution in [0.3, 0.4) is 0 Å². The molecule has 45 heavy (non-hydrogen) atoms. The fraction of sp³-hybridized carbons (Fsp3) is 0.314. The highest BCUT2D eigenvalue weighted by atomic mass is 19.1. The van der Waals surface area contributed by atoms with Crippen molar-refractivity contribution >= 4 is 29.4 Å². The Hall–Kier alpha value is -4.86. The Morgan fingerprint density at radius 2 is 1.78 bits per heavy atom. The van der Waals surface area contributed by atoms with Gasteiger partial charge in [-0.05, 0) is 80.8 Å². The van der Waals surface area contributed by atoms with E-state index in [4.69, 9.17) is 9.97 Å². The first-order valence-electron chi connectivity index (χ1n) is 15.2. The number of urea groups is 1. The molecule has 0 spiro atoms. The molecule has 3 N–H and O–H groups in total. The highest BCUT2D eigenvalue weighted by Crippen LogP contribution is 2.43. The normalized spacial score (nSPS) is 19.3. The van der Waals surface area contributed by atoms with E-state index in [9.17, 15) is 9.59 Å². The number of halogens is 2. The molecule has 1 unspecified atom stereocenters. The zero-order chi connectivity index (χ0) is 31.9. The lowest BCUT2D eigenvalue weighted by molar-refractivity contribution is 0.0943. The van der Waals surface area contributed by atoms with Crippen LogP contribution >= 0.6 is 0 Å². The van der Waals surface area contributed by atoms with Gasteiger partial charge in [0.25, 0.3) is 5.91 Å². The first kappa shape index (κ1) is 30.2. The molecule has 2 aliphatic rings. The predicted octanol–water partition coefficient (Wildman–Crippen LogP) is 7.15. The van der Waals surface area contributed by atoms with E-state index in [1.165, 1.54) is 11.6 Å². The van der Waals surface area contributed by atoms with Gasteiger partial charge in [-0.2, -0.15) is 4.98 Å².